The van der Waals surface area contributed by atoms with Crippen molar-refractivity contribution in [1.29, 1.82) is 0 Å². The van der Waals surface area contributed by atoms with Crippen LogP contribution < -0.4 is 0 Å². The summed E-state index contributed by atoms with van der Waals surface area (Å²) in [5.41, 5.74) is -0.151. The highest BCUT2D eigenvalue weighted by atomic mass is 35.5. The predicted molar refractivity (Wildman–Crippen MR) is 56.2 cm³/mol. The predicted octanol–water partition coefficient (Wildman–Crippen LogP) is 3.60. The molecular formula is C11H14ClFO. The van der Waals surface area contributed by atoms with Crippen molar-refractivity contribution >= 4 is 11.6 Å². The molecule has 1 nitrogen and oxygen atoms in total. The van der Waals surface area contributed by atoms with Gasteiger partial charge in [-0.2, -0.15) is 0 Å². The monoisotopic (exact) mass is 216 g/mol. The number of alkyl halides is 1. The van der Waals surface area contributed by atoms with Crippen molar-refractivity contribution in [1.82, 2.24) is 0 Å². The molecule has 14 heavy (non-hydrogen) atoms. The topological polar surface area (TPSA) is 20.2 Å². The summed E-state index contributed by atoms with van der Waals surface area (Å²) in [6.45, 7) is 4.64. The molecule has 0 aliphatic carbocycles. The lowest BCUT2D eigenvalue weighted by molar-refractivity contribution is 0.0761. The largest absolute Gasteiger partial charge is 0.386 e. The van der Waals surface area contributed by atoms with E-state index in [2.05, 4.69) is 0 Å². The number of hydrogen-bond acceptors (Lipinski definition) is 1. The molecule has 1 aromatic carbocycles. The van der Waals surface area contributed by atoms with Crippen LogP contribution in [0.2, 0.25) is 5.02 Å². The number of hydrogen-bond donors (Lipinski definition) is 1. The second-order valence-corrected chi connectivity index (χ2v) is 4.28. The molecule has 1 atom stereocenters. The Morgan fingerprint density at radius 1 is 1.43 bits per heavy atom. The minimum atomic E-state index is -1.18. The highest BCUT2D eigenvalue weighted by Gasteiger charge is 2.24. The molecule has 0 aromatic heterocycles. The average Bonchev–Trinajstić information content (AvgIpc) is 2.01. The summed E-state index contributed by atoms with van der Waals surface area (Å²) in [5, 5.41) is 10.2. The van der Waals surface area contributed by atoms with Gasteiger partial charge >= 0.3 is 0 Å². The van der Waals surface area contributed by atoms with Crippen molar-refractivity contribution in [2.24, 2.45) is 0 Å². The zero-order valence-electron chi connectivity index (χ0n) is 8.51. The van der Waals surface area contributed by atoms with Crippen LogP contribution in [0, 0.1) is 0 Å². The van der Waals surface area contributed by atoms with E-state index in [0.717, 1.165) is 0 Å². The Morgan fingerprint density at radius 2 is 2.00 bits per heavy atom. The molecule has 1 rings (SSSR count). The zero-order valence-corrected chi connectivity index (χ0v) is 9.27. The van der Waals surface area contributed by atoms with Gasteiger partial charge in [-0.3, -0.25) is 0 Å². The number of rotatable bonds is 2. The van der Waals surface area contributed by atoms with Crippen LogP contribution in [0.5, 0.6) is 0 Å². The lowest BCUT2D eigenvalue weighted by Crippen LogP contribution is -2.18. The van der Waals surface area contributed by atoms with Gasteiger partial charge in [-0.15, -0.1) is 0 Å². The molecule has 0 aliphatic rings. The van der Waals surface area contributed by atoms with Crippen LogP contribution in [0.1, 0.15) is 38.1 Å². The summed E-state index contributed by atoms with van der Waals surface area (Å²) < 4.78 is 13.3. The molecule has 0 radical (unpaired) electrons. The van der Waals surface area contributed by atoms with Crippen molar-refractivity contribution in [2.75, 3.05) is 0 Å². The molecule has 0 fully saturated rings. The summed E-state index contributed by atoms with van der Waals surface area (Å²) in [6.07, 6.45) is -1.18. The molecule has 0 spiro atoms. The normalized spacial score (nSPS) is 14.1. The van der Waals surface area contributed by atoms with E-state index in [9.17, 15) is 9.50 Å². The van der Waals surface area contributed by atoms with E-state index in [1.54, 1.807) is 32.0 Å². The summed E-state index contributed by atoms with van der Waals surface area (Å²) in [5.74, 6) is 0. The molecule has 1 aromatic rings. The van der Waals surface area contributed by atoms with Gasteiger partial charge in [0.05, 0.1) is 5.60 Å². The van der Waals surface area contributed by atoms with Crippen molar-refractivity contribution in [3.8, 4) is 0 Å². The molecule has 78 valence electrons. The van der Waals surface area contributed by atoms with Crippen molar-refractivity contribution < 1.29 is 9.50 Å². The fourth-order valence-electron chi connectivity index (χ4n) is 1.47. The quantitative estimate of drug-likeness (QED) is 0.801. The molecule has 0 saturated heterocycles. The van der Waals surface area contributed by atoms with Gasteiger partial charge in [0, 0.05) is 10.6 Å². The Bertz CT molecular complexity index is 329. The molecular weight excluding hydrogens is 203 g/mol. The van der Waals surface area contributed by atoms with Gasteiger partial charge in [0.15, 0.2) is 0 Å². The standard InChI is InChI=1S/C11H14ClFO/c1-7(13)10-8(11(2,3)14)5-4-6-9(10)12/h4-7,14H,1-3H3. The maximum Gasteiger partial charge on any atom is 0.124 e. The molecule has 0 aliphatic heterocycles. The highest BCUT2D eigenvalue weighted by Crippen LogP contribution is 2.34. The maximum absolute atomic E-state index is 13.3. The Labute approximate surface area is 88.5 Å². The van der Waals surface area contributed by atoms with E-state index < -0.39 is 11.8 Å². The van der Waals surface area contributed by atoms with Crippen LogP contribution in [0.3, 0.4) is 0 Å². The Kier molecular flexibility index (Phi) is 3.17. The fraction of sp³-hybridized carbons (Fsp3) is 0.455. The van der Waals surface area contributed by atoms with Crippen molar-refractivity contribution in [3.63, 3.8) is 0 Å². The third-order valence-corrected chi connectivity index (χ3v) is 2.44. The van der Waals surface area contributed by atoms with Gasteiger partial charge in [0.2, 0.25) is 0 Å². The van der Waals surface area contributed by atoms with Gasteiger partial charge in [-0.25, -0.2) is 4.39 Å². The van der Waals surface area contributed by atoms with E-state index in [4.69, 9.17) is 11.6 Å². The summed E-state index contributed by atoms with van der Waals surface area (Å²) in [6, 6.07) is 5.03. The van der Waals surface area contributed by atoms with Gasteiger partial charge in [0.1, 0.15) is 6.17 Å². The first kappa shape index (κ1) is 11.5. The first-order valence-electron chi connectivity index (χ1n) is 4.49. The van der Waals surface area contributed by atoms with Crippen LogP contribution in [0.15, 0.2) is 18.2 Å². The second-order valence-electron chi connectivity index (χ2n) is 3.88. The summed E-state index contributed by atoms with van der Waals surface area (Å²) >= 11 is 5.88. The van der Waals surface area contributed by atoms with Crippen LogP contribution in [-0.4, -0.2) is 5.11 Å². The molecule has 0 heterocycles. The van der Waals surface area contributed by atoms with Gasteiger partial charge < -0.3 is 5.11 Å². The third kappa shape index (κ3) is 2.25. The first-order chi connectivity index (χ1) is 6.34. The Hall–Kier alpha value is -0.600. The highest BCUT2D eigenvalue weighted by molar-refractivity contribution is 6.31. The third-order valence-electron chi connectivity index (χ3n) is 2.11. The lowest BCUT2D eigenvalue weighted by Gasteiger charge is -2.23. The molecule has 1 unspecified atom stereocenters. The van der Waals surface area contributed by atoms with Crippen LogP contribution >= 0.6 is 11.6 Å². The van der Waals surface area contributed by atoms with Crippen LogP contribution in [0.4, 0.5) is 4.39 Å². The van der Waals surface area contributed by atoms with Gasteiger partial charge in [-0.1, -0.05) is 23.7 Å². The van der Waals surface area contributed by atoms with Gasteiger partial charge in [-0.05, 0) is 32.4 Å². The van der Waals surface area contributed by atoms with E-state index in [1.165, 1.54) is 6.92 Å². The lowest BCUT2D eigenvalue weighted by atomic mass is 9.91. The second kappa shape index (κ2) is 3.87. The molecule has 0 saturated carbocycles. The molecule has 1 N–H and O–H groups in total. The fourth-order valence-corrected chi connectivity index (χ4v) is 1.80. The van der Waals surface area contributed by atoms with E-state index in [0.29, 0.717) is 16.1 Å². The molecule has 3 heteroatoms. The Morgan fingerprint density at radius 3 is 2.36 bits per heavy atom. The molecule has 0 bridgehead atoms. The number of benzene rings is 1. The minimum Gasteiger partial charge on any atom is -0.386 e. The smallest absolute Gasteiger partial charge is 0.124 e. The summed E-state index contributed by atoms with van der Waals surface area (Å²) in [4.78, 5) is 0. The van der Waals surface area contributed by atoms with Crippen LogP contribution in [-0.2, 0) is 5.60 Å². The first-order valence-corrected chi connectivity index (χ1v) is 4.87. The Balaban J connectivity index is 3.36. The average molecular weight is 217 g/mol. The maximum atomic E-state index is 13.3. The zero-order chi connectivity index (χ0) is 10.9. The van der Waals surface area contributed by atoms with E-state index in [1.807, 2.05) is 0 Å². The van der Waals surface area contributed by atoms with Crippen molar-refractivity contribution in [3.05, 3.63) is 34.3 Å². The van der Waals surface area contributed by atoms with Crippen molar-refractivity contribution in [2.45, 2.75) is 32.5 Å². The number of halogens is 2. The molecule has 0 amide bonds. The van der Waals surface area contributed by atoms with E-state index >= 15 is 0 Å². The summed E-state index contributed by atoms with van der Waals surface area (Å²) in [7, 11) is 0. The minimum absolute atomic E-state index is 0.361. The SMILES string of the molecule is CC(F)c1c(Cl)cccc1C(C)(C)O. The number of aliphatic hydroxyl groups is 1. The van der Waals surface area contributed by atoms with Crippen LogP contribution in [0.25, 0.3) is 0 Å². The van der Waals surface area contributed by atoms with Gasteiger partial charge in [0.25, 0.3) is 0 Å². The van der Waals surface area contributed by atoms with E-state index in [-0.39, 0.29) is 0 Å².